The molecule has 0 bridgehead atoms. The van der Waals surface area contributed by atoms with Crippen molar-refractivity contribution in [3.63, 3.8) is 0 Å². The maximum atomic E-state index is 12.3. The van der Waals surface area contributed by atoms with Gasteiger partial charge in [0, 0.05) is 42.5 Å². The van der Waals surface area contributed by atoms with Crippen molar-refractivity contribution >= 4 is 29.4 Å². The summed E-state index contributed by atoms with van der Waals surface area (Å²) in [5.74, 6) is 0.152. The lowest BCUT2D eigenvalue weighted by Crippen LogP contribution is -2.43. The molecule has 1 spiro atoms. The van der Waals surface area contributed by atoms with Crippen LogP contribution < -0.4 is 0 Å². The summed E-state index contributed by atoms with van der Waals surface area (Å²) in [7, 11) is 0. The van der Waals surface area contributed by atoms with Crippen LogP contribution in [0.3, 0.4) is 0 Å². The fourth-order valence-corrected chi connectivity index (χ4v) is 4.07. The normalized spacial score (nSPS) is 20.6. The first-order chi connectivity index (χ1) is 10.5. The third-order valence-corrected chi connectivity index (χ3v) is 5.58. The van der Waals surface area contributed by atoms with Crippen LogP contribution in [0.15, 0.2) is 12.8 Å². The van der Waals surface area contributed by atoms with Crippen molar-refractivity contribution in [1.82, 2.24) is 14.8 Å². The van der Waals surface area contributed by atoms with Crippen molar-refractivity contribution in [3.8, 4) is 0 Å². The molecule has 2 amide bonds. The molecular formula is C15H19N3O3S. The fraction of sp³-hybridized carbons (Fsp3) is 0.533. The minimum absolute atomic E-state index is 0.0540. The summed E-state index contributed by atoms with van der Waals surface area (Å²) in [5.41, 5.74) is -0.0540. The predicted octanol–water partition coefficient (Wildman–Crippen LogP) is 2.28. The van der Waals surface area contributed by atoms with Crippen LogP contribution in [0.2, 0.25) is 0 Å². The van der Waals surface area contributed by atoms with Crippen LogP contribution >= 0.6 is 11.3 Å². The summed E-state index contributed by atoms with van der Waals surface area (Å²) < 4.78 is 0. The third kappa shape index (κ3) is 2.85. The number of rotatable bonds is 3. The second-order valence-corrected chi connectivity index (χ2v) is 7.20. The minimum atomic E-state index is -0.865. The van der Waals surface area contributed by atoms with Crippen molar-refractivity contribution < 1.29 is 14.7 Å². The molecule has 2 aliphatic rings. The first-order valence-electron chi connectivity index (χ1n) is 7.34. The van der Waals surface area contributed by atoms with E-state index in [1.165, 1.54) is 4.90 Å². The number of amides is 2. The molecule has 1 N–H and O–H groups in total. The van der Waals surface area contributed by atoms with Gasteiger partial charge in [-0.05, 0) is 12.8 Å². The quantitative estimate of drug-likeness (QED) is 0.927. The van der Waals surface area contributed by atoms with Crippen LogP contribution in [0.4, 0.5) is 4.79 Å². The molecule has 2 fully saturated rings. The maximum Gasteiger partial charge on any atom is 0.407 e. The van der Waals surface area contributed by atoms with Gasteiger partial charge in [0.15, 0.2) is 0 Å². The standard InChI is InChI=1S/C15H19N3O3S/c1-2-11-8-16-12(22-11)9-18-10-15(7-13(18)19)3-5-17(6-4-15)14(20)21/h2,8H,1,3-7,9-10H2,(H,20,21). The lowest BCUT2D eigenvalue weighted by atomic mass is 9.78. The molecule has 0 aromatic carbocycles. The zero-order valence-corrected chi connectivity index (χ0v) is 13.1. The largest absolute Gasteiger partial charge is 0.465 e. The number of carbonyl (C=O) groups excluding carboxylic acids is 1. The first kappa shape index (κ1) is 15.0. The Bertz CT molecular complexity index is 605. The number of carbonyl (C=O) groups is 2. The Labute approximate surface area is 133 Å². The van der Waals surface area contributed by atoms with Crippen LogP contribution in [0.25, 0.3) is 6.08 Å². The van der Waals surface area contributed by atoms with Gasteiger partial charge in [-0.2, -0.15) is 0 Å². The van der Waals surface area contributed by atoms with E-state index in [0.717, 1.165) is 22.7 Å². The summed E-state index contributed by atoms with van der Waals surface area (Å²) in [5, 5.41) is 9.95. The average molecular weight is 321 g/mol. The molecule has 0 aliphatic carbocycles. The molecule has 6 nitrogen and oxygen atoms in total. The van der Waals surface area contributed by atoms with Crippen LogP contribution in [0, 0.1) is 5.41 Å². The second-order valence-electron chi connectivity index (χ2n) is 6.06. The Balaban J connectivity index is 1.63. The van der Waals surface area contributed by atoms with Crippen LogP contribution in [-0.2, 0) is 11.3 Å². The topological polar surface area (TPSA) is 73.7 Å². The van der Waals surface area contributed by atoms with Gasteiger partial charge in [-0.3, -0.25) is 4.79 Å². The number of nitrogens with zero attached hydrogens (tertiary/aromatic N) is 3. The molecule has 3 rings (SSSR count). The molecule has 3 heterocycles. The van der Waals surface area contributed by atoms with Crippen LogP contribution in [-0.4, -0.2) is 51.5 Å². The van der Waals surface area contributed by atoms with Gasteiger partial charge < -0.3 is 14.9 Å². The van der Waals surface area contributed by atoms with Crippen LogP contribution in [0.1, 0.15) is 29.1 Å². The van der Waals surface area contributed by atoms with Crippen molar-refractivity contribution in [2.24, 2.45) is 5.41 Å². The van der Waals surface area contributed by atoms with E-state index in [-0.39, 0.29) is 11.3 Å². The molecule has 7 heteroatoms. The third-order valence-electron chi connectivity index (χ3n) is 4.60. The molecule has 0 unspecified atom stereocenters. The summed E-state index contributed by atoms with van der Waals surface area (Å²) >= 11 is 1.55. The SMILES string of the molecule is C=Cc1cnc(CN2CC3(CCN(C(=O)O)CC3)CC2=O)s1. The van der Waals surface area contributed by atoms with E-state index in [0.29, 0.717) is 32.6 Å². The van der Waals surface area contributed by atoms with E-state index in [9.17, 15) is 9.59 Å². The van der Waals surface area contributed by atoms with Crippen LogP contribution in [0.5, 0.6) is 0 Å². The van der Waals surface area contributed by atoms with Gasteiger partial charge >= 0.3 is 6.09 Å². The van der Waals surface area contributed by atoms with Crippen molar-refractivity contribution in [1.29, 1.82) is 0 Å². The van der Waals surface area contributed by atoms with E-state index < -0.39 is 6.09 Å². The van der Waals surface area contributed by atoms with Gasteiger partial charge in [0.1, 0.15) is 5.01 Å². The van der Waals surface area contributed by atoms with Crippen molar-refractivity contribution in [3.05, 3.63) is 22.7 Å². The number of hydrogen-bond acceptors (Lipinski definition) is 4. The van der Waals surface area contributed by atoms with Gasteiger partial charge in [0.25, 0.3) is 0 Å². The average Bonchev–Trinajstić information content (AvgIpc) is 3.05. The monoisotopic (exact) mass is 321 g/mol. The number of hydrogen-bond donors (Lipinski definition) is 1. The summed E-state index contributed by atoms with van der Waals surface area (Å²) in [4.78, 5) is 31.9. The van der Waals surface area contributed by atoms with E-state index in [4.69, 9.17) is 5.11 Å². The molecule has 1 aromatic rings. The highest BCUT2D eigenvalue weighted by atomic mass is 32.1. The van der Waals surface area contributed by atoms with Crippen molar-refractivity contribution in [2.45, 2.75) is 25.8 Å². The van der Waals surface area contributed by atoms with Gasteiger partial charge in [0.05, 0.1) is 6.54 Å². The molecule has 1 aromatic heterocycles. The molecule has 2 saturated heterocycles. The predicted molar refractivity (Wildman–Crippen MR) is 83.5 cm³/mol. The number of aromatic nitrogens is 1. The molecule has 0 radical (unpaired) electrons. The molecule has 118 valence electrons. The van der Waals surface area contributed by atoms with Gasteiger partial charge in [-0.15, -0.1) is 11.3 Å². The molecule has 0 atom stereocenters. The Morgan fingerprint density at radius 1 is 1.50 bits per heavy atom. The van der Waals surface area contributed by atoms with Crippen molar-refractivity contribution in [2.75, 3.05) is 19.6 Å². The molecular weight excluding hydrogens is 302 g/mol. The van der Waals surface area contributed by atoms with E-state index in [2.05, 4.69) is 11.6 Å². The van der Waals surface area contributed by atoms with E-state index in [1.54, 1.807) is 23.6 Å². The molecule has 0 saturated carbocycles. The Morgan fingerprint density at radius 3 is 2.82 bits per heavy atom. The summed E-state index contributed by atoms with van der Waals surface area (Å²) in [6, 6.07) is 0. The second kappa shape index (κ2) is 5.72. The smallest absolute Gasteiger partial charge is 0.407 e. The maximum absolute atomic E-state index is 12.3. The van der Waals surface area contributed by atoms with Gasteiger partial charge in [-0.25, -0.2) is 9.78 Å². The number of thiazole rings is 1. The highest BCUT2D eigenvalue weighted by Gasteiger charge is 2.45. The van der Waals surface area contributed by atoms with Gasteiger partial charge in [0.2, 0.25) is 5.91 Å². The zero-order chi connectivity index (χ0) is 15.7. The zero-order valence-electron chi connectivity index (χ0n) is 12.3. The lowest BCUT2D eigenvalue weighted by molar-refractivity contribution is -0.128. The Hall–Kier alpha value is -1.89. The Morgan fingerprint density at radius 2 is 2.23 bits per heavy atom. The highest BCUT2D eigenvalue weighted by molar-refractivity contribution is 7.12. The molecule has 2 aliphatic heterocycles. The highest BCUT2D eigenvalue weighted by Crippen LogP contribution is 2.41. The minimum Gasteiger partial charge on any atom is -0.465 e. The number of carboxylic acid groups (broad SMARTS) is 1. The number of piperidine rings is 1. The lowest BCUT2D eigenvalue weighted by Gasteiger charge is -2.37. The first-order valence-corrected chi connectivity index (χ1v) is 8.16. The van der Waals surface area contributed by atoms with E-state index in [1.807, 2.05) is 4.90 Å². The fourth-order valence-electron chi connectivity index (χ4n) is 3.29. The van der Waals surface area contributed by atoms with Gasteiger partial charge in [-0.1, -0.05) is 12.7 Å². The molecule has 22 heavy (non-hydrogen) atoms. The Kier molecular flexibility index (Phi) is 3.90. The van der Waals surface area contributed by atoms with E-state index >= 15 is 0 Å². The summed E-state index contributed by atoms with van der Waals surface area (Å²) in [6.07, 6.45) is 4.72. The summed E-state index contributed by atoms with van der Waals surface area (Å²) in [6.45, 7) is 6.02. The number of likely N-dealkylation sites (tertiary alicyclic amines) is 2.